The predicted octanol–water partition coefficient (Wildman–Crippen LogP) is 3.71. The molecule has 1 rings (SSSR count). The summed E-state index contributed by atoms with van der Waals surface area (Å²) in [4.78, 5) is 13.7. The van der Waals surface area contributed by atoms with Crippen LogP contribution in [0.4, 0.5) is 0 Å². The fourth-order valence-electron chi connectivity index (χ4n) is 1.50. The highest BCUT2D eigenvalue weighted by molar-refractivity contribution is 5.03. The SMILES string of the molecule is CC(C)CCc1nc(C(C)C)nc(C(C)C)n1. The molecule has 0 bridgehead atoms. The second kappa shape index (κ2) is 6.08. The van der Waals surface area contributed by atoms with Gasteiger partial charge in [-0.15, -0.1) is 0 Å². The van der Waals surface area contributed by atoms with Crippen molar-refractivity contribution in [1.29, 1.82) is 0 Å². The van der Waals surface area contributed by atoms with E-state index in [0.29, 0.717) is 17.8 Å². The van der Waals surface area contributed by atoms with E-state index in [-0.39, 0.29) is 0 Å². The fraction of sp³-hybridized carbons (Fsp3) is 0.786. The molecule has 0 saturated carbocycles. The molecule has 0 radical (unpaired) electrons. The first kappa shape index (κ1) is 14.1. The van der Waals surface area contributed by atoms with Gasteiger partial charge in [-0.3, -0.25) is 0 Å². The van der Waals surface area contributed by atoms with E-state index in [1.165, 1.54) is 0 Å². The highest BCUT2D eigenvalue weighted by Crippen LogP contribution is 2.15. The third-order valence-electron chi connectivity index (χ3n) is 2.69. The molecule has 17 heavy (non-hydrogen) atoms. The van der Waals surface area contributed by atoms with Gasteiger partial charge < -0.3 is 0 Å². The lowest BCUT2D eigenvalue weighted by Crippen LogP contribution is -2.10. The molecule has 0 aliphatic heterocycles. The zero-order valence-corrected chi connectivity index (χ0v) is 12.0. The van der Waals surface area contributed by atoms with Crippen LogP contribution in [-0.4, -0.2) is 15.0 Å². The Hall–Kier alpha value is -0.990. The minimum absolute atomic E-state index is 0.369. The maximum absolute atomic E-state index is 4.57. The number of hydrogen-bond acceptors (Lipinski definition) is 3. The lowest BCUT2D eigenvalue weighted by Gasteiger charge is -2.11. The van der Waals surface area contributed by atoms with Gasteiger partial charge in [0.25, 0.3) is 0 Å². The Labute approximate surface area is 105 Å². The van der Waals surface area contributed by atoms with Crippen LogP contribution in [0.5, 0.6) is 0 Å². The first-order chi connectivity index (χ1) is 7.90. The summed E-state index contributed by atoms with van der Waals surface area (Å²) in [5.41, 5.74) is 0. The predicted molar refractivity (Wildman–Crippen MR) is 71.2 cm³/mol. The molecule has 3 nitrogen and oxygen atoms in total. The van der Waals surface area contributed by atoms with Crippen LogP contribution >= 0.6 is 0 Å². The fourth-order valence-corrected chi connectivity index (χ4v) is 1.50. The van der Waals surface area contributed by atoms with Crippen LogP contribution in [0.3, 0.4) is 0 Å². The molecule has 0 fully saturated rings. The van der Waals surface area contributed by atoms with Gasteiger partial charge in [-0.25, -0.2) is 15.0 Å². The summed E-state index contributed by atoms with van der Waals surface area (Å²) >= 11 is 0. The molecule has 1 heterocycles. The molecular formula is C14H25N3. The van der Waals surface area contributed by atoms with E-state index >= 15 is 0 Å². The summed E-state index contributed by atoms with van der Waals surface area (Å²) in [5.74, 6) is 4.25. The quantitative estimate of drug-likeness (QED) is 0.781. The Bertz CT molecular complexity index is 330. The molecule has 0 saturated heterocycles. The van der Waals surface area contributed by atoms with Crippen molar-refractivity contribution in [2.45, 2.75) is 66.2 Å². The van der Waals surface area contributed by atoms with Gasteiger partial charge in [-0.2, -0.15) is 0 Å². The van der Waals surface area contributed by atoms with Crippen molar-refractivity contribution >= 4 is 0 Å². The van der Waals surface area contributed by atoms with Crippen molar-refractivity contribution in [1.82, 2.24) is 15.0 Å². The lowest BCUT2D eigenvalue weighted by molar-refractivity contribution is 0.563. The van der Waals surface area contributed by atoms with Crippen molar-refractivity contribution in [3.63, 3.8) is 0 Å². The Morgan fingerprint density at radius 1 is 0.765 bits per heavy atom. The normalized spacial score (nSPS) is 11.8. The van der Waals surface area contributed by atoms with Gasteiger partial charge >= 0.3 is 0 Å². The third-order valence-corrected chi connectivity index (χ3v) is 2.69. The molecule has 0 aliphatic rings. The molecule has 0 aromatic carbocycles. The van der Waals surface area contributed by atoms with Gasteiger partial charge in [0.2, 0.25) is 0 Å². The van der Waals surface area contributed by atoms with Gasteiger partial charge in [0.15, 0.2) is 0 Å². The van der Waals surface area contributed by atoms with Crippen LogP contribution in [0, 0.1) is 5.92 Å². The molecule has 0 spiro atoms. The number of nitrogens with zero attached hydrogens (tertiary/aromatic N) is 3. The standard InChI is InChI=1S/C14H25N3/c1-9(2)7-8-12-15-13(10(3)4)17-14(16-12)11(5)6/h9-11H,7-8H2,1-6H3. The molecule has 0 aliphatic carbocycles. The van der Waals surface area contributed by atoms with Crippen molar-refractivity contribution in [2.24, 2.45) is 5.92 Å². The third kappa shape index (κ3) is 4.41. The van der Waals surface area contributed by atoms with Gasteiger partial charge in [-0.1, -0.05) is 41.5 Å². The lowest BCUT2D eigenvalue weighted by atomic mass is 10.1. The molecule has 3 heteroatoms. The zero-order chi connectivity index (χ0) is 13.0. The summed E-state index contributed by atoms with van der Waals surface area (Å²) in [6, 6.07) is 0. The topological polar surface area (TPSA) is 38.7 Å². The van der Waals surface area contributed by atoms with E-state index in [2.05, 4.69) is 56.5 Å². The Balaban J connectivity index is 2.95. The Kier molecular flexibility index (Phi) is 5.03. The van der Waals surface area contributed by atoms with E-state index in [4.69, 9.17) is 0 Å². The van der Waals surface area contributed by atoms with Gasteiger partial charge in [0, 0.05) is 18.3 Å². The highest BCUT2D eigenvalue weighted by atomic mass is 15.0. The van der Waals surface area contributed by atoms with E-state index in [0.717, 1.165) is 30.3 Å². The molecule has 1 aromatic heterocycles. The number of aryl methyl sites for hydroxylation is 1. The van der Waals surface area contributed by atoms with Crippen LogP contribution in [-0.2, 0) is 6.42 Å². The average molecular weight is 235 g/mol. The van der Waals surface area contributed by atoms with Gasteiger partial charge in [0.05, 0.1) is 0 Å². The van der Waals surface area contributed by atoms with E-state index in [1.807, 2.05) is 0 Å². The molecule has 0 atom stereocenters. The highest BCUT2D eigenvalue weighted by Gasteiger charge is 2.12. The molecule has 0 N–H and O–H groups in total. The Morgan fingerprint density at radius 2 is 1.24 bits per heavy atom. The van der Waals surface area contributed by atoms with Gasteiger partial charge in [-0.05, 0) is 12.3 Å². The monoisotopic (exact) mass is 235 g/mol. The average Bonchev–Trinajstić information content (AvgIpc) is 2.25. The summed E-state index contributed by atoms with van der Waals surface area (Å²) in [5, 5.41) is 0. The number of hydrogen-bond donors (Lipinski definition) is 0. The molecular weight excluding hydrogens is 210 g/mol. The number of rotatable bonds is 5. The summed E-state index contributed by atoms with van der Waals surface area (Å²) < 4.78 is 0. The van der Waals surface area contributed by atoms with Crippen molar-refractivity contribution < 1.29 is 0 Å². The largest absolute Gasteiger partial charge is 0.218 e. The maximum Gasteiger partial charge on any atom is 0.135 e. The molecule has 0 amide bonds. The summed E-state index contributed by atoms with van der Waals surface area (Å²) in [7, 11) is 0. The maximum atomic E-state index is 4.57. The van der Waals surface area contributed by atoms with Crippen LogP contribution in [0.25, 0.3) is 0 Å². The molecule has 0 unspecified atom stereocenters. The molecule has 1 aromatic rings. The van der Waals surface area contributed by atoms with Crippen LogP contribution in [0.15, 0.2) is 0 Å². The first-order valence-corrected chi connectivity index (χ1v) is 6.64. The smallest absolute Gasteiger partial charge is 0.135 e. The van der Waals surface area contributed by atoms with E-state index in [1.54, 1.807) is 0 Å². The van der Waals surface area contributed by atoms with Crippen LogP contribution in [0.2, 0.25) is 0 Å². The molecule has 96 valence electrons. The number of aromatic nitrogens is 3. The zero-order valence-electron chi connectivity index (χ0n) is 12.0. The van der Waals surface area contributed by atoms with Crippen LogP contribution in [0.1, 0.15) is 77.3 Å². The van der Waals surface area contributed by atoms with Crippen molar-refractivity contribution in [3.05, 3.63) is 17.5 Å². The van der Waals surface area contributed by atoms with Crippen molar-refractivity contribution in [2.75, 3.05) is 0 Å². The Morgan fingerprint density at radius 3 is 1.59 bits per heavy atom. The van der Waals surface area contributed by atoms with Crippen molar-refractivity contribution in [3.8, 4) is 0 Å². The second-order valence-electron chi connectivity index (χ2n) is 5.71. The minimum Gasteiger partial charge on any atom is -0.218 e. The summed E-state index contributed by atoms with van der Waals surface area (Å²) in [6.07, 6.45) is 2.10. The van der Waals surface area contributed by atoms with E-state index < -0.39 is 0 Å². The second-order valence-corrected chi connectivity index (χ2v) is 5.71. The van der Waals surface area contributed by atoms with Crippen LogP contribution < -0.4 is 0 Å². The van der Waals surface area contributed by atoms with Gasteiger partial charge in [0.1, 0.15) is 17.5 Å². The van der Waals surface area contributed by atoms with E-state index in [9.17, 15) is 0 Å². The summed E-state index contributed by atoms with van der Waals surface area (Å²) in [6.45, 7) is 13.0. The first-order valence-electron chi connectivity index (χ1n) is 6.64. The minimum atomic E-state index is 0.369.